The Morgan fingerprint density at radius 1 is 1.22 bits per heavy atom. The number of carboxylic acids is 1. The molecule has 2 aromatic rings. The molecule has 0 spiro atoms. The van der Waals surface area contributed by atoms with E-state index in [2.05, 4.69) is 0 Å². The molecule has 1 aromatic carbocycles. The fraction of sp³-hybridized carbons (Fsp3) is 0.364. The third-order valence-corrected chi connectivity index (χ3v) is 8.85. The van der Waals surface area contributed by atoms with Crippen molar-refractivity contribution in [3.8, 4) is 11.8 Å². The summed E-state index contributed by atoms with van der Waals surface area (Å²) in [6.07, 6.45) is -4.54. The molecule has 1 saturated carbocycles. The zero-order valence-corrected chi connectivity index (χ0v) is 20.4. The van der Waals surface area contributed by atoms with Gasteiger partial charge in [-0.15, -0.1) is 12.4 Å². The van der Waals surface area contributed by atoms with Crippen LogP contribution in [-0.2, 0) is 25.6 Å². The molecule has 2 aliphatic rings. The van der Waals surface area contributed by atoms with Gasteiger partial charge in [0.15, 0.2) is 15.3 Å². The van der Waals surface area contributed by atoms with Gasteiger partial charge in [0.25, 0.3) is 5.56 Å². The van der Waals surface area contributed by atoms with Crippen molar-refractivity contribution < 1.29 is 36.3 Å². The van der Waals surface area contributed by atoms with Crippen LogP contribution in [0.2, 0.25) is 0 Å². The van der Waals surface area contributed by atoms with Crippen LogP contribution in [0.4, 0.5) is 13.2 Å². The minimum atomic E-state index is -5.11. The van der Waals surface area contributed by atoms with Crippen LogP contribution in [0.15, 0.2) is 52.3 Å². The molecule has 198 valence electrons. The number of nitriles is 1. The Balaban J connectivity index is 0.00000380. The summed E-state index contributed by atoms with van der Waals surface area (Å²) in [6, 6.07) is 5.62. The number of halogens is 4. The van der Waals surface area contributed by atoms with Gasteiger partial charge in [-0.2, -0.15) is 18.4 Å². The van der Waals surface area contributed by atoms with Gasteiger partial charge in [0.2, 0.25) is 5.91 Å². The second kappa shape index (κ2) is 9.47. The molecular formula is C22H20ClF3N4O6S. The van der Waals surface area contributed by atoms with Gasteiger partial charge in [-0.3, -0.25) is 23.9 Å². The number of carboxylic acid groups (broad SMARTS) is 1. The van der Waals surface area contributed by atoms with Gasteiger partial charge in [-0.05, 0) is 37.1 Å². The highest BCUT2D eigenvalue weighted by Crippen LogP contribution is 2.51. The molecule has 37 heavy (non-hydrogen) atoms. The summed E-state index contributed by atoms with van der Waals surface area (Å²) >= 11 is 0. The first kappa shape index (κ1) is 28.2. The Kier molecular flexibility index (Phi) is 7.21. The Hall–Kier alpha value is -3.41. The summed E-state index contributed by atoms with van der Waals surface area (Å²) in [4.78, 5) is 35.7. The lowest BCUT2D eigenvalue weighted by atomic mass is 10.1. The number of pyridine rings is 1. The molecule has 0 radical (unpaired) electrons. The third kappa shape index (κ3) is 4.70. The highest BCUT2D eigenvalue weighted by molar-refractivity contribution is 7.92. The predicted molar refractivity (Wildman–Crippen MR) is 124 cm³/mol. The summed E-state index contributed by atoms with van der Waals surface area (Å²) in [7, 11) is -4.74. The van der Waals surface area contributed by atoms with Crippen LogP contribution in [0.1, 0.15) is 18.4 Å². The van der Waals surface area contributed by atoms with E-state index in [1.165, 1.54) is 18.3 Å². The molecule has 15 heteroatoms. The van der Waals surface area contributed by atoms with Gasteiger partial charge in [0, 0.05) is 30.5 Å². The number of aromatic nitrogens is 1. The average Bonchev–Trinajstić information content (AvgIpc) is 3.39. The molecule has 2 fully saturated rings. The smallest absolute Gasteiger partial charge is 0.417 e. The number of sulfone groups is 1. The molecule has 1 aromatic heterocycles. The maximum atomic E-state index is 14.0. The molecule has 1 saturated heterocycles. The van der Waals surface area contributed by atoms with Gasteiger partial charge in [-0.25, -0.2) is 8.42 Å². The van der Waals surface area contributed by atoms with E-state index >= 15 is 0 Å². The first-order chi connectivity index (χ1) is 16.7. The molecule has 1 aliphatic carbocycles. The van der Waals surface area contributed by atoms with E-state index in [0.717, 1.165) is 27.7 Å². The van der Waals surface area contributed by atoms with E-state index in [9.17, 15) is 46.3 Å². The maximum Gasteiger partial charge on any atom is 0.417 e. The van der Waals surface area contributed by atoms with Crippen LogP contribution >= 0.6 is 12.4 Å². The Morgan fingerprint density at radius 3 is 2.41 bits per heavy atom. The topological polar surface area (TPSA) is 164 Å². The van der Waals surface area contributed by atoms with Crippen molar-refractivity contribution in [3.63, 3.8) is 0 Å². The monoisotopic (exact) mass is 560 g/mol. The van der Waals surface area contributed by atoms with E-state index in [1.807, 2.05) is 0 Å². The summed E-state index contributed by atoms with van der Waals surface area (Å²) in [5.74, 6) is -2.43. The third-order valence-electron chi connectivity index (χ3n) is 6.66. The summed E-state index contributed by atoms with van der Waals surface area (Å²) in [5, 5.41) is 17.4. The van der Waals surface area contributed by atoms with Gasteiger partial charge < -0.3 is 10.8 Å². The number of rotatable bonds is 6. The van der Waals surface area contributed by atoms with Gasteiger partial charge in [-0.1, -0.05) is 6.07 Å². The van der Waals surface area contributed by atoms with E-state index in [4.69, 9.17) is 5.73 Å². The zero-order chi connectivity index (χ0) is 26.6. The van der Waals surface area contributed by atoms with Crippen molar-refractivity contribution in [3.05, 3.63) is 58.5 Å². The van der Waals surface area contributed by atoms with Gasteiger partial charge in [0.1, 0.15) is 6.04 Å². The number of aliphatic carboxylic acids is 1. The molecule has 4 atom stereocenters. The molecule has 1 aliphatic heterocycles. The predicted octanol–water partition coefficient (Wildman–Crippen LogP) is 1.35. The Bertz CT molecular complexity index is 1470. The molecule has 3 N–H and O–H groups in total. The number of carbonyl (C=O) groups excluding carboxylic acids is 1. The molecule has 10 nitrogen and oxygen atoms in total. The lowest BCUT2D eigenvalue weighted by Gasteiger charge is -2.22. The van der Waals surface area contributed by atoms with Crippen molar-refractivity contribution in [2.24, 2.45) is 11.1 Å². The number of hydrogen-bond donors (Lipinski definition) is 2. The van der Waals surface area contributed by atoms with Gasteiger partial charge in [0.05, 0.1) is 21.8 Å². The number of alkyl halides is 3. The second-order valence-corrected chi connectivity index (χ2v) is 10.9. The number of nitrogens with two attached hydrogens (primary N) is 1. The highest BCUT2D eigenvalue weighted by atomic mass is 35.5. The number of amides is 1. The number of carbonyl (C=O) groups is 2. The standard InChI is InChI=1S/C22H19F3N4O6S.ClH/c23-22(24,25)14-7-12(28-6-2-1-3-18(28)30)4-5-16(14)36(34,35)13-8-15(19(31)32)29(10-13)17-9-21(17,11-26)20(27)33;/h1-7,13,15,17H,8-10H2,(H2,27,33)(H,31,32);1H/t13-,15+,17?,21?;/m1./s1. The summed E-state index contributed by atoms with van der Waals surface area (Å²) in [6.45, 7) is -0.502. The van der Waals surface area contributed by atoms with E-state index in [0.29, 0.717) is 6.07 Å². The SMILES string of the molecule is Cl.N#CC1(C(N)=O)CC1N1C[C@H](S(=O)(=O)c2ccc(-n3ccccc3=O)cc2C(F)(F)F)C[C@H]1C(=O)O. The van der Waals surface area contributed by atoms with Crippen LogP contribution in [0.3, 0.4) is 0 Å². The molecule has 2 heterocycles. The van der Waals surface area contributed by atoms with Crippen LogP contribution in [-0.4, -0.2) is 58.7 Å². The Morgan fingerprint density at radius 2 is 1.89 bits per heavy atom. The number of hydrogen-bond acceptors (Lipinski definition) is 7. The molecular weight excluding hydrogens is 541 g/mol. The van der Waals surface area contributed by atoms with E-state index in [-0.39, 0.29) is 24.5 Å². The van der Waals surface area contributed by atoms with Crippen molar-refractivity contribution in [2.45, 2.75) is 41.2 Å². The van der Waals surface area contributed by atoms with Crippen LogP contribution in [0.25, 0.3) is 5.69 Å². The van der Waals surface area contributed by atoms with E-state index in [1.54, 1.807) is 6.07 Å². The quantitative estimate of drug-likeness (QED) is 0.534. The zero-order valence-electron chi connectivity index (χ0n) is 18.8. The second-order valence-electron chi connectivity index (χ2n) is 8.71. The summed E-state index contributed by atoms with van der Waals surface area (Å²) in [5.41, 5.74) is 1.25. The van der Waals surface area contributed by atoms with Crippen LogP contribution in [0, 0.1) is 16.7 Å². The van der Waals surface area contributed by atoms with Crippen molar-refractivity contribution in [1.82, 2.24) is 9.47 Å². The summed E-state index contributed by atoms with van der Waals surface area (Å²) < 4.78 is 69.6. The van der Waals surface area contributed by atoms with Gasteiger partial charge >= 0.3 is 12.1 Å². The normalized spacial score (nSPS) is 25.6. The van der Waals surface area contributed by atoms with Crippen LogP contribution in [0.5, 0.6) is 0 Å². The fourth-order valence-corrected chi connectivity index (χ4v) is 6.58. The molecule has 2 unspecified atom stereocenters. The average molecular weight is 561 g/mol. The van der Waals surface area contributed by atoms with E-state index < -0.39 is 79.6 Å². The molecule has 0 bridgehead atoms. The number of primary amides is 1. The number of benzene rings is 1. The first-order valence-electron chi connectivity index (χ1n) is 10.6. The van der Waals surface area contributed by atoms with Crippen LogP contribution < -0.4 is 11.3 Å². The van der Waals surface area contributed by atoms with Crippen molar-refractivity contribution in [1.29, 1.82) is 5.26 Å². The van der Waals surface area contributed by atoms with Crippen molar-refractivity contribution >= 4 is 34.1 Å². The lowest BCUT2D eigenvalue weighted by Crippen LogP contribution is -2.42. The minimum Gasteiger partial charge on any atom is -0.480 e. The number of likely N-dealkylation sites (tertiary alicyclic amines) is 1. The maximum absolute atomic E-state index is 14.0. The highest BCUT2D eigenvalue weighted by Gasteiger charge is 2.66. The molecule has 4 rings (SSSR count). The first-order valence-corrected chi connectivity index (χ1v) is 12.1. The fourth-order valence-electron chi connectivity index (χ4n) is 4.68. The minimum absolute atomic E-state index is 0. The Labute approximate surface area is 214 Å². The largest absolute Gasteiger partial charge is 0.480 e. The van der Waals surface area contributed by atoms with Crippen molar-refractivity contribution in [2.75, 3.05) is 6.54 Å². The molecule has 1 amide bonds. The number of nitrogens with zero attached hydrogens (tertiary/aromatic N) is 3. The lowest BCUT2D eigenvalue weighted by molar-refractivity contribution is -0.143.